The fourth-order valence-electron chi connectivity index (χ4n) is 1.34. The second kappa shape index (κ2) is 4.91. The Bertz CT molecular complexity index is 481. The van der Waals surface area contributed by atoms with E-state index in [9.17, 15) is 4.39 Å². The van der Waals surface area contributed by atoms with E-state index in [2.05, 4.69) is 4.98 Å². The van der Waals surface area contributed by atoms with Crippen molar-refractivity contribution >= 4 is 22.9 Å². The van der Waals surface area contributed by atoms with E-state index in [4.69, 9.17) is 17.3 Å². The van der Waals surface area contributed by atoms with Crippen LogP contribution in [0.4, 0.5) is 4.39 Å². The standard InChI is InChI=1S/C11H10ClFN2S/c12-10-9(5-6-14)15-11(16-10)7-1-3-8(13)4-2-7/h1-4H,5-6,14H2. The number of rotatable bonds is 3. The predicted molar refractivity (Wildman–Crippen MR) is 65.3 cm³/mol. The molecule has 0 aliphatic rings. The maximum atomic E-state index is 12.7. The van der Waals surface area contributed by atoms with Crippen LogP contribution in [0.1, 0.15) is 5.69 Å². The number of nitrogens with two attached hydrogens (primary N) is 1. The van der Waals surface area contributed by atoms with E-state index in [1.165, 1.54) is 23.5 Å². The molecule has 2 aromatic rings. The fourth-order valence-corrected chi connectivity index (χ4v) is 2.54. The quantitative estimate of drug-likeness (QED) is 0.917. The smallest absolute Gasteiger partial charge is 0.125 e. The van der Waals surface area contributed by atoms with Crippen molar-refractivity contribution in [3.63, 3.8) is 0 Å². The highest BCUT2D eigenvalue weighted by Gasteiger charge is 2.10. The highest BCUT2D eigenvalue weighted by molar-refractivity contribution is 7.19. The van der Waals surface area contributed by atoms with Gasteiger partial charge in [0.05, 0.1) is 5.69 Å². The second-order valence-corrected chi connectivity index (χ2v) is 4.89. The van der Waals surface area contributed by atoms with Gasteiger partial charge in [0.2, 0.25) is 0 Å². The van der Waals surface area contributed by atoms with Crippen LogP contribution in [0.5, 0.6) is 0 Å². The van der Waals surface area contributed by atoms with Gasteiger partial charge in [0.1, 0.15) is 15.2 Å². The number of halogens is 2. The summed E-state index contributed by atoms with van der Waals surface area (Å²) in [6.45, 7) is 0.520. The van der Waals surface area contributed by atoms with Crippen LogP contribution >= 0.6 is 22.9 Å². The van der Waals surface area contributed by atoms with E-state index in [1.54, 1.807) is 12.1 Å². The predicted octanol–water partition coefficient (Wildman–Crippen LogP) is 3.10. The minimum absolute atomic E-state index is 0.256. The maximum absolute atomic E-state index is 12.7. The van der Waals surface area contributed by atoms with E-state index < -0.39 is 0 Å². The molecule has 0 aliphatic heterocycles. The van der Waals surface area contributed by atoms with Gasteiger partial charge in [-0.05, 0) is 30.8 Å². The summed E-state index contributed by atoms with van der Waals surface area (Å²) in [6.07, 6.45) is 0.663. The van der Waals surface area contributed by atoms with Crippen LogP contribution in [0, 0.1) is 5.82 Å². The molecule has 0 amide bonds. The molecule has 0 saturated heterocycles. The topological polar surface area (TPSA) is 38.9 Å². The SMILES string of the molecule is NCCc1nc(-c2ccc(F)cc2)sc1Cl. The molecule has 5 heteroatoms. The van der Waals surface area contributed by atoms with Gasteiger partial charge >= 0.3 is 0 Å². The van der Waals surface area contributed by atoms with Crippen molar-refractivity contribution in [3.8, 4) is 10.6 Å². The monoisotopic (exact) mass is 256 g/mol. The van der Waals surface area contributed by atoms with Crippen LogP contribution < -0.4 is 5.73 Å². The molecular formula is C11H10ClFN2S. The molecule has 0 spiro atoms. The molecule has 1 aromatic carbocycles. The minimum Gasteiger partial charge on any atom is -0.330 e. The number of benzene rings is 1. The van der Waals surface area contributed by atoms with Crippen molar-refractivity contribution in [1.29, 1.82) is 0 Å². The van der Waals surface area contributed by atoms with Gasteiger partial charge in [0.15, 0.2) is 0 Å². The number of thiazole rings is 1. The van der Waals surface area contributed by atoms with E-state index in [0.717, 1.165) is 16.3 Å². The second-order valence-electron chi connectivity index (χ2n) is 3.28. The number of aromatic nitrogens is 1. The van der Waals surface area contributed by atoms with E-state index in [-0.39, 0.29) is 5.82 Å². The van der Waals surface area contributed by atoms with Gasteiger partial charge in [-0.15, -0.1) is 11.3 Å². The van der Waals surface area contributed by atoms with Crippen LogP contribution in [-0.4, -0.2) is 11.5 Å². The zero-order valence-corrected chi connectivity index (χ0v) is 9.98. The third-order valence-corrected chi connectivity index (χ3v) is 3.51. The summed E-state index contributed by atoms with van der Waals surface area (Å²) in [7, 11) is 0. The van der Waals surface area contributed by atoms with Crippen LogP contribution in [-0.2, 0) is 6.42 Å². The van der Waals surface area contributed by atoms with Gasteiger partial charge in [0.25, 0.3) is 0 Å². The highest BCUT2D eigenvalue weighted by Crippen LogP contribution is 2.31. The van der Waals surface area contributed by atoms with Gasteiger partial charge in [0, 0.05) is 12.0 Å². The van der Waals surface area contributed by atoms with Crippen molar-refractivity contribution in [2.75, 3.05) is 6.54 Å². The van der Waals surface area contributed by atoms with Crippen LogP contribution in [0.15, 0.2) is 24.3 Å². The Morgan fingerprint density at radius 2 is 2.00 bits per heavy atom. The maximum Gasteiger partial charge on any atom is 0.125 e. The Morgan fingerprint density at radius 3 is 2.62 bits per heavy atom. The van der Waals surface area contributed by atoms with Crippen LogP contribution in [0.25, 0.3) is 10.6 Å². The zero-order valence-electron chi connectivity index (χ0n) is 8.41. The van der Waals surface area contributed by atoms with E-state index >= 15 is 0 Å². The molecule has 1 aromatic heterocycles. The molecule has 2 N–H and O–H groups in total. The summed E-state index contributed by atoms with van der Waals surface area (Å²) in [5, 5.41) is 0.799. The van der Waals surface area contributed by atoms with E-state index in [0.29, 0.717) is 17.3 Å². The normalized spacial score (nSPS) is 10.7. The molecule has 0 fully saturated rings. The minimum atomic E-state index is -0.256. The third-order valence-electron chi connectivity index (χ3n) is 2.12. The summed E-state index contributed by atoms with van der Waals surface area (Å²) in [5.74, 6) is -0.256. The lowest BCUT2D eigenvalue weighted by Gasteiger charge is -1.95. The first-order valence-corrected chi connectivity index (χ1v) is 6.01. The first-order chi connectivity index (χ1) is 7.70. The van der Waals surface area contributed by atoms with Crippen molar-refractivity contribution in [3.05, 3.63) is 40.1 Å². The summed E-state index contributed by atoms with van der Waals surface area (Å²) in [5.41, 5.74) is 7.14. The molecule has 0 saturated carbocycles. The van der Waals surface area contributed by atoms with Gasteiger partial charge < -0.3 is 5.73 Å². The van der Waals surface area contributed by atoms with Gasteiger partial charge in [-0.2, -0.15) is 0 Å². The first kappa shape index (κ1) is 11.5. The molecule has 0 bridgehead atoms. The van der Waals surface area contributed by atoms with Gasteiger partial charge in [-0.1, -0.05) is 11.6 Å². The molecule has 0 radical (unpaired) electrons. The van der Waals surface area contributed by atoms with Gasteiger partial charge in [-0.25, -0.2) is 9.37 Å². The van der Waals surface area contributed by atoms with E-state index in [1.807, 2.05) is 0 Å². The average Bonchev–Trinajstić information content (AvgIpc) is 2.62. The molecular weight excluding hydrogens is 247 g/mol. The fraction of sp³-hybridized carbons (Fsp3) is 0.182. The van der Waals surface area contributed by atoms with Crippen molar-refractivity contribution in [1.82, 2.24) is 4.98 Å². The first-order valence-electron chi connectivity index (χ1n) is 4.82. The molecule has 0 atom stereocenters. The lowest BCUT2D eigenvalue weighted by molar-refractivity contribution is 0.628. The highest BCUT2D eigenvalue weighted by atomic mass is 35.5. The molecule has 0 aliphatic carbocycles. The summed E-state index contributed by atoms with van der Waals surface area (Å²) in [6, 6.07) is 6.20. The Balaban J connectivity index is 2.33. The number of nitrogens with zero attached hydrogens (tertiary/aromatic N) is 1. The molecule has 1 heterocycles. The van der Waals surface area contributed by atoms with Crippen molar-refractivity contribution < 1.29 is 4.39 Å². The lowest BCUT2D eigenvalue weighted by Crippen LogP contribution is -2.03. The average molecular weight is 257 g/mol. The van der Waals surface area contributed by atoms with Crippen LogP contribution in [0.3, 0.4) is 0 Å². The van der Waals surface area contributed by atoms with Crippen molar-refractivity contribution in [2.45, 2.75) is 6.42 Å². The Hall–Kier alpha value is -0.970. The van der Waals surface area contributed by atoms with Gasteiger partial charge in [-0.3, -0.25) is 0 Å². The molecule has 2 nitrogen and oxygen atoms in total. The van der Waals surface area contributed by atoms with Crippen molar-refractivity contribution in [2.24, 2.45) is 5.73 Å². The summed E-state index contributed by atoms with van der Waals surface area (Å²) in [4.78, 5) is 4.38. The summed E-state index contributed by atoms with van der Waals surface area (Å²) < 4.78 is 13.4. The Morgan fingerprint density at radius 1 is 1.31 bits per heavy atom. The molecule has 84 valence electrons. The molecule has 2 rings (SSSR count). The zero-order chi connectivity index (χ0) is 11.5. The third kappa shape index (κ3) is 2.40. The van der Waals surface area contributed by atoms with Crippen LogP contribution in [0.2, 0.25) is 4.34 Å². The number of hydrogen-bond acceptors (Lipinski definition) is 3. The molecule has 0 unspecified atom stereocenters. The number of hydrogen-bond donors (Lipinski definition) is 1. The summed E-state index contributed by atoms with van der Waals surface area (Å²) >= 11 is 7.42. The Kier molecular flexibility index (Phi) is 3.53. The Labute approximate surface area is 102 Å². The molecule has 16 heavy (non-hydrogen) atoms. The lowest BCUT2D eigenvalue weighted by atomic mass is 10.2. The largest absolute Gasteiger partial charge is 0.330 e.